The number of rotatable bonds is 8. The fraction of sp³-hybridized carbons (Fsp3) is 0.207. The fourth-order valence-electron chi connectivity index (χ4n) is 4.53. The predicted octanol–water partition coefficient (Wildman–Crippen LogP) is 3.52. The van der Waals surface area contributed by atoms with Crippen LogP contribution >= 0.6 is 0 Å². The van der Waals surface area contributed by atoms with E-state index in [0.717, 1.165) is 33.4 Å². The van der Waals surface area contributed by atoms with Crippen LogP contribution in [-0.4, -0.2) is 32.8 Å². The SMILES string of the molecule is Cc1ccc(C(O)Cc2ccnc(C(CO)(NC(N)=O)c3ccc(C)cc3-c3ccnc(N)c3)c2)cc1. The Labute approximate surface area is 216 Å². The molecule has 0 fully saturated rings. The molecule has 2 unspecified atom stereocenters. The Morgan fingerprint density at radius 2 is 1.68 bits per heavy atom. The summed E-state index contributed by atoms with van der Waals surface area (Å²) in [7, 11) is 0. The largest absolute Gasteiger partial charge is 0.393 e. The van der Waals surface area contributed by atoms with Crippen LogP contribution in [0, 0.1) is 13.8 Å². The predicted molar refractivity (Wildman–Crippen MR) is 143 cm³/mol. The summed E-state index contributed by atoms with van der Waals surface area (Å²) in [5.74, 6) is 0.340. The third kappa shape index (κ3) is 5.61. The second-order valence-electron chi connectivity index (χ2n) is 9.25. The molecular weight excluding hydrogens is 466 g/mol. The van der Waals surface area contributed by atoms with Gasteiger partial charge in [-0.1, -0.05) is 53.6 Å². The van der Waals surface area contributed by atoms with Crippen molar-refractivity contribution in [2.24, 2.45) is 5.73 Å². The van der Waals surface area contributed by atoms with Crippen LogP contribution in [0.15, 0.2) is 79.1 Å². The molecular formula is C29H31N5O3. The Morgan fingerprint density at radius 1 is 0.973 bits per heavy atom. The summed E-state index contributed by atoms with van der Waals surface area (Å²) in [6.45, 7) is 3.43. The van der Waals surface area contributed by atoms with Gasteiger partial charge in [-0.3, -0.25) is 4.98 Å². The van der Waals surface area contributed by atoms with E-state index in [2.05, 4.69) is 15.3 Å². The Balaban J connectivity index is 1.83. The molecule has 0 spiro atoms. The highest BCUT2D eigenvalue weighted by Gasteiger charge is 2.39. The normalized spacial score (nSPS) is 13.5. The Bertz CT molecular complexity index is 1410. The fourth-order valence-corrected chi connectivity index (χ4v) is 4.53. The Kier molecular flexibility index (Phi) is 7.52. The minimum absolute atomic E-state index is 0.318. The second kappa shape index (κ2) is 10.8. The van der Waals surface area contributed by atoms with Crippen molar-refractivity contribution in [1.82, 2.24) is 15.3 Å². The van der Waals surface area contributed by atoms with E-state index < -0.39 is 24.3 Å². The van der Waals surface area contributed by atoms with Crippen molar-refractivity contribution in [2.45, 2.75) is 31.9 Å². The summed E-state index contributed by atoms with van der Waals surface area (Å²) in [5, 5.41) is 24.4. The van der Waals surface area contributed by atoms with Crippen LogP contribution in [0.25, 0.3) is 11.1 Å². The number of carbonyl (C=O) groups excluding carboxylic acids is 1. The molecule has 0 bridgehead atoms. The van der Waals surface area contributed by atoms with Crippen molar-refractivity contribution < 1.29 is 15.0 Å². The number of aryl methyl sites for hydroxylation is 2. The number of pyridine rings is 2. The molecule has 8 heteroatoms. The first-order chi connectivity index (χ1) is 17.7. The van der Waals surface area contributed by atoms with E-state index in [1.54, 1.807) is 30.6 Å². The number of hydrogen-bond acceptors (Lipinski definition) is 6. The molecule has 8 nitrogen and oxygen atoms in total. The molecule has 37 heavy (non-hydrogen) atoms. The van der Waals surface area contributed by atoms with Crippen molar-refractivity contribution in [1.29, 1.82) is 0 Å². The summed E-state index contributed by atoms with van der Waals surface area (Å²) in [4.78, 5) is 20.9. The standard InChI is InChI=1S/C29H31N5O3/c1-18-3-6-21(7-4-18)25(36)14-20-9-11-32-26(15-20)29(17-35,34-28(31)37)24-8-5-19(2)13-23(24)22-10-12-33-27(30)16-22/h3-13,15-16,25,35-36H,14,17H2,1-2H3,(H2,30,33)(H3,31,34,37). The molecule has 4 aromatic rings. The van der Waals surface area contributed by atoms with E-state index in [-0.39, 0.29) is 0 Å². The van der Waals surface area contributed by atoms with Gasteiger partial charge in [-0.25, -0.2) is 9.78 Å². The zero-order chi connectivity index (χ0) is 26.6. The van der Waals surface area contributed by atoms with Crippen LogP contribution in [0.2, 0.25) is 0 Å². The summed E-state index contributed by atoms with van der Waals surface area (Å²) in [6.07, 6.45) is 2.78. The number of urea groups is 1. The van der Waals surface area contributed by atoms with E-state index in [1.165, 1.54) is 0 Å². The lowest BCUT2D eigenvalue weighted by Crippen LogP contribution is -2.52. The number of nitrogen functional groups attached to an aromatic ring is 1. The van der Waals surface area contributed by atoms with Gasteiger partial charge in [-0.15, -0.1) is 0 Å². The summed E-state index contributed by atoms with van der Waals surface area (Å²) < 4.78 is 0. The number of primary amides is 1. The lowest BCUT2D eigenvalue weighted by atomic mass is 9.80. The second-order valence-corrected chi connectivity index (χ2v) is 9.25. The van der Waals surface area contributed by atoms with E-state index >= 15 is 0 Å². The maximum Gasteiger partial charge on any atom is 0.313 e. The highest BCUT2D eigenvalue weighted by atomic mass is 16.3. The number of aliphatic hydroxyl groups excluding tert-OH is 2. The topological polar surface area (TPSA) is 147 Å². The zero-order valence-corrected chi connectivity index (χ0v) is 20.8. The van der Waals surface area contributed by atoms with Crippen LogP contribution in [0.4, 0.5) is 10.6 Å². The van der Waals surface area contributed by atoms with Gasteiger partial charge in [0.05, 0.1) is 18.4 Å². The molecule has 0 radical (unpaired) electrons. The van der Waals surface area contributed by atoms with E-state index in [1.807, 2.05) is 62.4 Å². The number of aliphatic hydroxyl groups is 2. The molecule has 7 N–H and O–H groups in total. The van der Waals surface area contributed by atoms with E-state index in [4.69, 9.17) is 11.5 Å². The van der Waals surface area contributed by atoms with Crippen molar-refractivity contribution in [2.75, 3.05) is 12.3 Å². The van der Waals surface area contributed by atoms with Crippen molar-refractivity contribution in [3.63, 3.8) is 0 Å². The summed E-state index contributed by atoms with van der Waals surface area (Å²) >= 11 is 0. The summed E-state index contributed by atoms with van der Waals surface area (Å²) in [5.41, 5.74) is 16.3. The molecule has 2 atom stereocenters. The number of nitrogens with zero attached hydrogens (tertiary/aromatic N) is 2. The third-order valence-electron chi connectivity index (χ3n) is 6.45. The van der Waals surface area contributed by atoms with Crippen molar-refractivity contribution in [3.8, 4) is 11.1 Å². The molecule has 0 aliphatic carbocycles. The Hall–Kier alpha value is -4.27. The minimum Gasteiger partial charge on any atom is -0.393 e. The maximum absolute atomic E-state index is 12.3. The van der Waals surface area contributed by atoms with Gasteiger partial charge in [0.2, 0.25) is 0 Å². The molecule has 0 saturated heterocycles. The molecule has 0 aliphatic rings. The first-order valence-electron chi connectivity index (χ1n) is 11.9. The van der Waals surface area contributed by atoms with E-state index in [9.17, 15) is 15.0 Å². The number of nitrogens with one attached hydrogen (secondary N) is 1. The lowest BCUT2D eigenvalue weighted by Gasteiger charge is -2.34. The molecule has 2 aromatic carbocycles. The molecule has 2 aromatic heterocycles. The molecule has 2 heterocycles. The van der Waals surface area contributed by atoms with Gasteiger partial charge in [-0.05, 0) is 65.9 Å². The smallest absolute Gasteiger partial charge is 0.313 e. The van der Waals surface area contributed by atoms with Crippen molar-refractivity contribution in [3.05, 3.63) is 113 Å². The van der Waals surface area contributed by atoms with Gasteiger partial charge in [-0.2, -0.15) is 0 Å². The molecule has 0 saturated carbocycles. The number of amides is 2. The average Bonchev–Trinajstić information content (AvgIpc) is 2.88. The van der Waals surface area contributed by atoms with Crippen LogP contribution < -0.4 is 16.8 Å². The van der Waals surface area contributed by atoms with Gasteiger partial charge in [0.1, 0.15) is 11.4 Å². The van der Waals surface area contributed by atoms with E-state index in [0.29, 0.717) is 23.5 Å². The number of anilines is 1. The molecule has 0 aliphatic heterocycles. The minimum atomic E-state index is -1.46. The Morgan fingerprint density at radius 3 is 2.35 bits per heavy atom. The van der Waals surface area contributed by atoms with Crippen LogP contribution in [0.1, 0.15) is 39.6 Å². The zero-order valence-electron chi connectivity index (χ0n) is 20.8. The first kappa shape index (κ1) is 25.8. The number of aromatic nitrogens is 2. The van der Waals surface area contributed by atoms with Crippen molar-refractivity contribution >= 4 is 11.8 Å². The number of hydrogen-bond donors (Lipinski definition) is 5. The maximum atomic E-state index is 12.3. The van der Waals surface area contributed by atoms with Gasteiger partial charge in [0.25, 0.3) is 0 Å². The lowest BCUT2D eigenvalue weighted by molar-refractivity contribution is 0.177. The first-order valence-corrected chi connectivity index (χ1v) is 11.9. The average molecular weight is 498 g/mol. The number of benzene rings is 2. The third-order valence-corrected chi connectivity index (χ3v) is 6.45. The van der Waals surface area contributed by atoms with Gasteiger partial charge in [0, 0.05) is 18.8 Å². The van der Waals surface area contributed by atoms with Gasteiger partial charge >= 0.3 is 6.03 Å². The number of nitrogens with two attached hydrogens (primary N) is 2. The quantitative estimate of drug-likeness (QED) is 0.252. The monoisotopic (exact) mass is 497 g/mol. The van der Waals surface area contributed by atoms with Crippen LogP contribution in [-0.2, 0) is 12.0 Å². The molecule has 190 valence electrons. The molecule has 2 amide bonds. The van der Waals surface area contributed by atoms with Gasteiger partial charge in [0.15, 0.2) is 0 Å². The van der Waals surface area contributed by atoms with Crippen LogP contribution in [0.5, 0.6) is 0 Å². The molecule has 4 rings (SSSR count). The highest BCUT2D eigenvalue weighted by Crippen LogP contribution is 2.37. The highest BCUT2D eigenvalue weighted by molar-refractivity contribution is 5.77. The summed E-state index contributed by atoms with van der Waals surface area (Å²) in [6, 6.07) is 19.7. The van der Waals surface area contributed by atoms with Gasteiger partial charge < -0.3 is 27.0 Å². The number of carbonyl (C=O) groups is 1. The van der Waals surface area contributed by atoms with Crippen LogP contribution in [0.3, 0.4) is 0 Å².